The Bertz CT molecular complexity index is 7.61. The van der Waals surface area contributed by atoms with Crippen LogP contribution in [0.25, 0.3) is 0 Å². The van der Waals surface area contributed by atoms with Crippen molar-refractivity contribution in [2.75, 3.05) is 0 Å². The third kappa shape index (κ3) is 17.8. The van der Waals surface area contributed by atoms with Gasteiger partial charge in [-0.15, -0.1) is 0 Å². The van der Waals surface area contributed by atoms with Gasteiger partial charge in [-0.25, -0.2) is 0 Å². The molecule has 0 amide bonds. The van der Waals surface area contributed by atoms with E-state index in [0.29, 0.717) is 0 Å². The monoisotopic (exact) mass is 330 g/mol. The second-order valence-corrected chi connectivity index (χ2v) is 0.204. The second-order valence-electron chi connectivity index (χ2n) is 0.0680. The Hall–Kier alpha value is 4.37. The second kappa shape index (κ2) is 15.8. The average molecular weight is 330 g/mol. The molecule has 0 aromatic carbocycles. The fraction of sp³-hybridized carbons (Fsp3) is 0. The maximum Gasteiger partial charge on any atom is 1.00 e. The van der Waals surface area contributed by atoms with Gasteiger partial charge in [-0.05, 0) is 0 Å². The van der Waals surface area contributed by atoms with Gasteiger partial charge in [0.05, 0.1) is 0 Å². The molecule has 0 aromatic rings. The summed E-state index contributed by atoms with van der Waals surface area (Å²) in [7, 11) is 0. The minimum Gasteiger partial charge on any atom is -0.811 e. The van der Waals surface area contributed by atoms with E-state index in [1.165, 1.54) is 0 Å². The molecule has 0 rings (SSSR count). The first-order chi connectivity index (χ1) is 1.41. The topological polar surface area (TPSA) is 46.1 Å². The molecule has 2 nitrogen and oxygen atoms in total. The van der Waals surface area contributed by atoms with Crippen molar-refractivity contribution < 1.29 is 147 Å². The van der Waals surface area contributed by atoms with Crippen molar-refractivity contribution in [1.82, 2.24) is 0 Å². The van der Waals surface area contributed by atoms with E-state index in [0.717, 1.165) is 0 Å². The van der Waals surface area contributed by atoms with E-state index >= 15 is 0 Å². The molecule has 0 atom stereocenters. The van der Waals surface area contributed by atoms with Crippen LogP contribution in [0.4, 0.5) is 0 Å². The van der Waals surface area contributed by atoms with Crippen LogP contribution in [0.5, 0.6) is 0 Å². The summed E-state index contributed by atoms with van der Waals surface area (Å²) in [6.07, 6.45) is 0. The molecule has 0 radical (unpaired) electrons. The molecule has 0 aromatic heterocycles. The van der Waals surface area contributed by atoms with Gasteiger partial charge in [0.25, 0.3) is 0 Å². The molecule has 0 heterocycles. The third-order valence-corrected chi connectivity index (χ3v) is 0. The van der Waals surface area contributed by atoms with E-state index in [-0.39, 0.29) is 138 Å². The first-order valence-electron chi connectivity index (χ1n) is 0.333. The molecule has 0 spiro atoms. The van der Waals surface area contributed by atoms with Crippen LogP contribution in [0.15, 0.2) is 0 Å². The fourth-order valence-electron chi connectivity index (χ4n) is 0. The summed E-state index contributed by atoms with van der Waals surface area (Å²) in [5.41, 5.74) is 0. The van der Waals surface area contributed by atoms with Gasteiger partial charge in [-0.2, -0.15) is 0 Å². The van der Waals surface area contributed by atoms with Crippen LogP contribution >= 0.6 is 12.3 Å². The predicted molar refractivity (Wildman–Crippen MR) is 9.15 cm³/mol. The molecule has 0 fully saturated rings. The molecule has 5 heavy (non-hydrogen) atoms. The van der Waals surface area contributed by atoms with E-state index in [1.807, 2.05) is 0 Å². The maximum atomic E-state index is 8.29. The number of hydrogen-bond acceptors (Lipinski definition) is 3. The Balaban J connectivity index is -0.0000000200. The summed E-state index contributed by atoms with van der Waals surface area (Å²) in [5, 5.41) is 0. The molecule has 5 heteroatoms. The van der Waals surface area contributed by atoms with Gasteiger partial charge in [0.2, 0.25) is 0 Å². The summed E-state index contributed by atoms with van der Waals surface area (Å²) < 4.78 is 16.6. The fourth-order valence-corrected chi connectivity index (χ4v) is 0. The Morgan fingerprint density at radius 3 is 1.00 bits per heavy atom. The Morgan fingerprint density at radius 1 is 1.00 bits per heavy atom. The van der Waals surface area contributed by atoms with E-state index in [2.05, 4.69) is 0 Å². The molecule has 0 unspecified atom stereocenters. The van der Waals surface area contributed by atoms with Crippen LogP contribution < -0.4 is 138 Å². The summed E-state index contributed by atoms with van der Waals surface area (Å²) in [5.74, 6) is 0. The van der Waals surface area contributed by atoms with Gasteiger partial charge in [0.15, 0.2) is 0 Å². The minimum absolute atomic E-state index is 0. The maximum absolute atomic E-state index is 8.29. The Morgan fingerprint density at radius 2 is 1.00 bits per heavy atom. The molecule has 0 N–H and O–H groups in total. The largest absolute Gasteiger partial charge is 1.00 e. The van der Waals surface area contributed by atoms with Crippen molar-refractivity contribution in [2.45, 2.75) is 0 Å². The first kappa shape index (κ1) is 16.2. The zero-order valence-corrected chi connectivity index (χ0v) is 16.6. The van der Waals surface area contributed by atoms with Crippen LogP contribution in [0.1, 0.15) is 0 Å². The molecular weight excluding hydrogens is 330 g/mol. The number of rotatable bonds is 0. The van der Waals surface area contributed by atoms with E-state index < -0.39 is 12.3 Å². The first-order valence-corrected chi connectivity index (χ1v) is 1.00. The van der Waals surface area contributed by atoms with Crippen molar-refractivity contribution in [1.29, 1.82) is 0 Å². The normalized spacial score (nSPS) is 3.60. The van der Waals surface area contributed by atoms with E-state index in [4.69, 9.17) is 9.11 Å². The van der Waals surface area contributed by atoms with Crippen molar-refractivity contribution >= 4 is 12.3 Å². The molecule has 0 saturated heterocycles. The van der Waals surface area contributed by atoms with Gasteiger partial charge >= 0.3 is 138 Å². The van der Waals surface area contributed by atoms with Gasteiger partial charge in [0, 0.05) is 0 Å². The van der Waals surface area contributed by atoms with Crippen molar-refractivity contribution in [2.24, 2.45) is 0 Å². The van der Waals surface area contributed by atoms with Crippen molar-refractivity contribution in [3.8, 4) is 0 Å². The number of hydrogen-bond donors (Lipinski definition) is 0. The molecule has 0 aliphatic rings. The van der Waals surface area contributed by atoms with Gasteiger partial charge in [0.1, 0.15) is 0 Å². The standard InChI is InChI=1S/2Cs.H2O2S/c;;1-3-2/h;;1-2H/q2*+1;/p-2. The van der Waals surface area contributed by atoms with Crippen LogP contribution in [0.3, 0.4) is 0 Å². The summed E-state index contributed by atoms with van der Waals surface area (Å²) in [6, 6.07) is 0. The molecule has 0 saturated carbocycles. The zero-order valence-electron chi connectivity index (χ0n) is 3.22. The SMILES string of the molecule is [Cs+].[Cs+].[O-]S[O-]. The molecular formula is Cs2O2S. The van der Waals surface area contributed by atoms with Crippen molar-refractivity contribution in [3.63, 3.8) is 0 Å². The Labute approximate surface area is 153 Å². The quantitative estimate of drug-likeness (QED) is 0.416. The Kier molecular flexibility index (Phi) is 51.0. The third-order valence-electron chi connectivity index (χ3n) is 0. The van der Waals surface area contributed by atoms with Crippen LogP contribution in [0.2, 0.25) is 0 Å². The molecule has 0 aliphatic carbocycles. The summed E-state index contributed by atoms with van der Waals surface area (Å²) in [4.78, 5) is 0. The molecule has 20 valence electrons. The summed E-state index contributed by atoms with van der Waals surface area (Å²) >= 11 is -0.750. The smallest absolute Gasteiger partial charge is 0.811 e. The molecule has 0 aliphatic heterocycles. The predicted octanol–water partition coefficient (Wildman–Crippen LogP) is -6.01. The minimum atomic E-state index is -0.750. The summed E-state index contributed by atoms with van der Waals surface area (Å²) in [6.45, 7) is 0. The van der Waals surface area contributed by atoms with Crippen LogP contribution in [-0.2, 0) is 0 Å². The van der Waals surface area contributed by atoms with Gasteiger partial charge in [-0.1, -0.05) is 0 Å². The molecule has 0 bridgehead atoms. The van der Waals surface area contributed by atoms with Crippen LogP contribution in [-0.4, -0.2) is 9.11 Å². The van der Waals surface area contributed by atoms with E-state index in [1.54, 1.807) is 0 Å². The van der Waals surface area contributed by atoms with E-state index in [9.17, 15) is 0 Å². The van der Waals surface area contributed by atoms with Gasteiger partial charge in [-0.3, -0.25) is 0 Å². The average Bonchev–Trinajstić information content (AvgIpc) is 0.918. The zero-order chi connectivity index (χ0) is 2.71. The van der Waals surface area contributed by atoms with Crippen LogP contribution in [0, 0.1) is 0 Å². The van der Waals surface area contributed by atoms with Crippen molar-refractivity contribution in [3.05, 3.63) is 0 Å². The van der Waals surface area contributed by atoms with Gasteiger partial charge < -0.3 is 21.4 Å².